The highest BCUT2D eigenvalue weighted by Gasteiger charge is 2.13. The second kappa shape index (κ2) is 22.9. The van der Waals surface area contributed by atoms with Crippen LogP contribution in [0.1, 0.15) is 159 Å². The van der Waals surface area contributed by atoms with Crippen molar-refractivity contribution in [3.8, 4) is 0 Å². The minimum atomic E-state index is 0.255. The third-order valence-corrected chi connectivity index (χ3v) is 8.99. The summed E-state index contributed by atoms with van der Waals surface area (Å²) in [7, 11) is 0.255. The summed E-state index contributed by atoms with van der Waals surface area (Å²) in [4.78, 5) is 0. The van der Waals surface area contributed by atoms with Crippen molar-refractivity contribution in [2.24, 2.45) is 0 Å². The first-order chi connectivity index (χ1) is 16.8. The molecule has 1 heteroatoms. The van der Waals surface area contributed by atoms with Gasteiger partial charge in [0, 0.05) is 9.52 Å². The predicted molar refractivity (Wildman–Crippen MR) is 161 cm³/mol. The molecule has 0 aliphatic rings. The van der Waals surface area contributed by atoms with Crippen molar-refractivity contribution >= 4 is 9.52 Å². The lowest BCUT2D eigenvalue weighted by Gasteiger charge is -2.20. The van der Waals surface area contributed by atoms with Gasteiger partial charge >= 0.3 is 0 Å². The van der Waals surface area contributed by atoms with Gasteiger partial charge < -0.3 is 0 Å². The van der Waals surface area contributed by atoms with Crippen LogP contribution in [0.2, 0.25) is 12.6 Å². The molecule has 0 bridgehead atoms. The molecule has 0 N–H and O–H groups in total. The van der Waals surface area contributed by atoms with E-state index >= 15 is 0 Å². The van der Waals surface area contributed by atoms with E-state index in [1.54, 1.807) is 22.7 Å². The smallest absolute Gasteiger partial charge is 0.0166 e. The molecule has 0 amide bonds. The summed E-state index contributed by atoms with van der Waals surface area (Å²) in [5.74, 6) is 0. The van der Waals surface area contributed by atoms with E-state index in [0.717, 1.165) is 0 Å². The summed E-state index contributed by atoms with van der Waals surface area (Å²) in [5, 5.41) is 0. The Morgan fingerprint density at radius 3 is 1.24 bits per heavy atom. The molecule has 0 atom stereocenters. The third kappa shape index (κ3) is 14.7. The van der Waals surface area contributed by atoms with Crippen LogP contribution in [0.4, 0.5) is 0 Å². The van der Waals surface area contributed by atoms with Crippen LogP contribution in [-0.4, -0.2) is 9.52 Å². The normalized spacial score (nSPS) is 11.8. The first-order valence-corrected chi connectivity index (χ1v) is 18.3. The minimum Gasteiger partial charge on any atom is -0.0748 e. The molecule has 0 aromatic heterocycles. The Bertz CT molecular complexity index is 576. The van der Waals surface area contributed by atoms with Crippen LogP contribution >= 0.6 is 0 Å². The molecular weight excluding hydrogens is 424 g/mol. The van der Waals surface area contributed by atoms with Crippen LogP contribution < -0.4 is 0 Å². The number of aryl methyl sites for hydroxylation is 2. The maximum Gasteiger partial charge on any atom is 0.0166 e. The number of hydrogen-bond acceptors (Lipinski definition) is 0. The Morgan fingerprint density at radius 1 is 0.441 bits per heavy atom. The van der Waals surface area contributed by atoms with Gasteiger partial charge in [0.1, 0.15) is 0 Å². The van der Waals surface area contributed by atoms with E-state index in [1.165, 1.54) is 141 Å². The molecule has 0 spiro atoms. The zero-order chi connectivity index (χ0) is 24.7. The lowest BCUT2D eigenvalue weighted by Crippen LogP contribution is -2.07. The van der Waals surface area contributed by atoms with Gasteiger partial charge in [-0.05, 0) is 73.6 Å². The molecule has 0 fully saturated rings. The van der Waals surface area contributed by atoms with Gasteiger partial charge in [-0.1, -0.05) is 135 Å². The first-order valence-electron chi connectivity index (χ1n) is 15.9. The molecule has 1 aromatic carbocycles. The summed E-state index contributed by atoms with van der Waals surface area (Å²) >= 11 is 0. The zero-order valence-electron chi connectivity index (χ0n) is 24.1. The standard InChI is InChI=1S/C33H62Si/c1-5-8-11-14-16-21-26-33-30(23-18-13-10-7-3)27-28-31(24-19-17-22-29-34-4)32(33)25-20-15-12-9-6-2/h27-28H,5-26,29,34H2,1-4H3. The van der Waals surface area contributed by atoms with Crippen LogP contribution in [0.5, 0.6) is 0 Å². The van der Waals surface area contributed by atoms with Gasteiger partial charge in [0.25, 0.3) is 0 Å². The van der Waals surface area contributed by atoms with Gasteiger partial charge in [0.05, 0.1) is 0 Å². The predicted octanol–water partition coefficient (Wildman–Crippen LogP) is 10.6. The lowest BCUT2D eigenvalue weighted by atomic mass is 9.85. The molecule has 1 rings (SSSR count). The van der Waals surface area contributed by atoms with Gasteiger partial charge in [-0.25, -0.2) is 0 Å². The average Bonchev–Trinajstić information content (AvgIpc) is 2.85. The van der Waals surface area contributed by atoms with E-state index in [0.29, 0.717) is 0 Å². The van der Waals surface area contributed by atoms with Gasteiger partial charge in [0.15, 0.2) is 0 Å². The molecule has 1 aromatic rings. The van der Waals surface area contributed by atoms with Gasteiger partial charge in [-0.3, -0.25) is 0 Å². The van der Waals surface area contributed by atoms with E-state index in [4.69, 9.17) is 0 Å². The molecule has 0 aliphatic heterocycles. The average molecular weight is 487 g/mol. The van der Waals surface area contributed by atoms with Crippen molar-refractivity contribution in [3.05, 3.63) is 34.4 Å². The van der Waals surface area contributed by atoms with Gasteiger partial charge in [0.2, 0.25) is 0 Å². The SMILES string of the molecule is CCCCCCCCc1c(CCCCCC)ccc(CCCCC[SiH2]C)c1CCCCCCC. The van der Waals surface area contributed by atoms with Crippen molar-refractivity contribution in [2.45, 2.75) is 175 Å². The highest BCUT2D eigenvalue weighted by atomic mass is 28.2. The highest BCUT2D eigenvalue weighted by Crippen LogP contribution is 2.28. The first kappa shape index (κ1) is 31.5. The lowest BCUT2D eigenvalue weighted by molar-refractivity contribution is 0.599. The van der Waals surface area contributed by atoms with Crippen LogP contribution in [0, 0.1) is 0 Å². The van der Waals surface area contributed by atoms with Crippen LogP contribution in [0.15, 0.2) is 12.1 Å². The summed E-state index contributed by atoms with van der Waals surface area (Å²) in [6.07, 6.45) is 30.7. The van der Waals surface area contributed by atoms with E-state index in [2.05, 4.69) is 39.5 Å². The Kier molecular flexibility index (Phi) is 21.2. The van der Waals surface area contributed by atoms with E-state index < -0.39 is 0 Å². The molecule has 0 nitrogen and oxygen atoms in total. The van der Waals surface area contributed by atoms with Crippen molar-refractivity contribution in [3.63, 3.8) is 0 Å². The Balaban J connectivity index is 2.94. The van der Waals surface area contributed by atoms with E-state index in [1.807, 2.05) is 5.56 Å². The number of benzene rings is 1. The van der Waals surface area contributed by atoms with Crippen molar-refractivity contribution < 1.29 is 0 Å². The maximum atomic E-state index is 2.57. The third-order valence-electron chi connectivity index (χ3n) is 7.79. The molecule has 0 aliphatic carbocycles. The number of unbranched alkanes of at least 4 members (excludes halogenated alkanes) is 14. The largest absolute Gasteiger partial charge is 0.0748 e. The molecular formula is C33H62Si. The van der Waals surface area contributed by atoms with Crippen LogP contribution in [-0.2, 0) is 25.7 Å². The molecule has 198 valence electrons. The summed E-state index contributed by atoms with van der Waals surface area (Å²) in [6, 6.07) is 6.67. The van der Waals surface area contributed by atoms with E-state index in [9.17, 15) is 0 Å². The quantitative estimate of drug-likeness (QED) is 0.101. The summed E-state index contributed by atoms with van der Waals surface area (Å²) in [6.45, 7) is 9.45. The second-order valence-electron chi connectivity index (χ2n) is 11.0. The Labute approximate surface area is 218 Å². The minimum absolute atomic E-state index is 0.255. The number of rotatable bonds is 24. The monoisotopic (exact) mass is 486 g/mol. The second-order valence-corrected chi connectivity index (χ2v) is 12.7. The van der Waals surface area contributed by atoms with Gasteiger partial charge in [-0.2, -0.15) is 0 Å². The fourth-order valence-electron chi connectivity index (χ4n) is 5.53. The fraction of sp³-hybridized carbons (Fsp3) is 0.818. The van der Waals surface area contributed by atoms with Crippen LogP contribution in [0.25, 0.3) is 0 Å². The van der Waals surface area contributed by atoms with Crippen molar-refractivity contribution in [1.29, 1.82) is 0 Å². The summed E-state index contributed by atoms with van der Waals surface area (Å²) in [5.41, 5.74) is 7.06. The Morgan fingerprint density at radius 2 is 0.794 bits per heavy atom. The topological polar surface area (TPSA) is 0 Å². The zero-order valence-corrected chi connectivity index (χ0v) is 25.5. The molecule has 0 saturated heterocycles. The molecule has 0 radical (unpaired) electrons. The highest BCUT2D eigenvalue weighted by molar-refractivity contribution is 6.33. The van der Waals surface area contributed by atoms with Gasteiger partial charge in [-0.15, -0.1) is 0 Å². The van der Waals surface area contributed by atoms with Crippen molar-refractivity contribution in [2.75, 3.05) is 0 Å². The molecule has 0 saturated carbocycles. The molecule has 0 unspecified atom stereocenters. The van der Waals surface area contributed by atoms with Crippen molar-refractivity contribution in [1.82, 2.24) is 0 Å². The molecule has 0 heterocycles. The Hall–Kier alpha value is -0.563. The fourth-order valence-corrected chi connectivity index (χ4v) is 6.38. The van der Waals surface area contributed by atoms with Crippen LogP contribution in [0.3, 0.4) is 0 Å². The maximum absolute atomic E-state index is 2.57. The number of hydrogen-bond donors (Lipinski definition) is 0. The molecule has 34 heavy (non-hydrogen) atoms. The van der Waals surface area contributed by atoms with E-state index in [-0.39, 0.29) is 9.52 Å². The summed E-state index contributed by atoms with van der Waals surface area (Å²) < 4.78 is 0.